The molecule has 146 valence electrons. The van der Waals surface area contributed by atoms with Crippen molar-refractivity contribution in [3.8, 4) is 10.6 Å². The van der Waals surface area contributed by atoms with Gasteiger partial charge in [-0.1, -0.05) is 83.6 Å². The molecule has 1 amide bonds. The van der Waals surface area contributed by atoms with Crippen LogP contribution in [0.1, 0.15) is 11.1 Å². The van der Waals surface area contributed by atoms with Crippen LogP contribution >= 0.6 is 22.9 Å². The summed E-state index contributed by atoms with van der Waals surface area (Å²) in [7, 11) is 0. The predicted molar refractivity (Wildman–Crippen MR) is 121 cm³/mol. The molecule has 0 bridgehead atoms. The summed E-state index contributed by atoms with van der Waals surface area (Å²) in [6, 6.07) is 25.0. The number of nitrogens with zero attached hydrogens (tertiary/aromatic N) is 4. The topological polar surface area (TPSA) is 58.5 Å². The SMILES string of the molecule is O=C1/C(=N\c2nnc(-c3ccc(Cl)cc3)s2)c2ccccc2N1Cc1ccccc1. The van der Waals surface area contributed by atoms with Gasteiger partial charge in [0.2, 0.25) is 5.13 Å². The minimum Gasteiger partial charge on any atom is -0.302 e. The lowest BCUT2D eigenvalue weighted by Gasteiger charge is -2.16. The van der Waals surface area contributed by atoms with E-state index in [1.165, 1.54) is 11.3 Å². The third-order valence-electron chi connectivity index (χ3n) is 4.79. The van der Waals surface area contributed by atoms with Gasteiger partial charge in [0.1, 0.15) is 10.7 Å². The molecule has 0 spiro atoms. The molecule has 0 radical (unpaired) electrons. The van der Waals surface area contributed by atoms with Gasteiger partial charge in [-0.05, 0) is 23.8 Å². The van der Waals surface area contributed by atoms with Crippen molar-refractivity contribution in [1.82, 2.24) is 10.2 Å². The summed E-state index contributed by atoms with van der Waals surface area (Å²) >= 11 is 7.29. The highest BCUT2D eigenvalue weighted by molar-refractivity contribution is 7.18. The standard InChI is InChI=1S/C23H15ClN4OS/c24-17-12-10-16(11-13-17)21-26-27-23(30-21)25-20-18-8-4-5-9-19(18)28(22(20)29)14-15-6-2-1-3-7-15/h1-13H,14H2/b25-20-. The number of benzene rings is 3. The quantitative estimate of drug-likeness (QED) is 0.428. The summed E-state index contributed by atoms with van der Waals surface area (Å²) in [6.07, 6.45) is 0. The van der Waals surface area contributed by atoms with Crippen LogP contribution in [0.15, 0.2) is 83.9 Å². The fourth-order valence-corrected chi connectivity index (χ4v) is 4.21. The molecular weight excluding hydrogens is 416 g/mol. The number of carbonyl (C=O) groups is 1. The second-order valence-electron chi connectivity index (χ2n) is 6.75. The molecule has 7 heteroatoms. The summed E-state index contributed by atoms with van der Waals surface area (Å²) < 4.78 is 0. The zero-order valence-corrected chi connectivity index (χ0v) is 17.3. The Hall–Kier alpha value is -3.35. The summed E-state index contributed by atoms with van der Waals surface area (Å²) in [5, 5.41) is 10.2. The number of fused-ring (bicyclic) bond motifs is 1. The molecule has 1 aromatic heterocycles. The van der Waals surface area contributed by atoms with E-state index in [0.717, 1.165) is 27.4 Å². The molecule has 0 atom stereocenters. The zero-order valence-electron chi connectivity index (χ0n) is 15.7. The van der Waals surface area contributed by atoms with Gasteiger partial charge in [0.05, 0.1) is 12.2 Å². The van der Waals surface area contributed by atoms with E-state index in [4.69, 9.17) is 11.6 Å². The Morgan fingerprint density at radius 1 is 0.900 bits per heavy atom. The molecule has 5 nitrogen and oxygen atoms in total. The van der Waals surface area contributed by atoms with Crippen molar-refractivity contribution in [2.45, 2.75) is 6.54 Å². The average molecular weight is 431 g/mol. The second-order valence-corrected chi connectivity index (χ2v) is 8.14. The first-order chi connectivity index (χ1) is 14.7. The monoisotopic (exact) mass is 430 g/mol. The third-order valence-corrected chi connectivity index (χ3v) is 5.91. The van der Waals surface area contributed by atoms with Crippen LogP contribution in [0.3, 0.4) is 0 Å². The van der Waals surface area contributed by atoms with Crippen LogP contribution in [0.2, 0.25) is 5.02 Å². The molecular formula is C23H15ClN4OS. The number of halogens is 1. The van der Waals surface area contributed by atoms with E-state index in [1.807, 2.05) is 78.9 Å². The number of carbonyl (C=O) groups excluding carboxylic acids is 1. The molecule has 0 unspecified atom stereocenters. The molecule has 1 aliphatic rings. The molecule has 5 rings (SSSR count). The largest absolute Gasteiger partial charge is 0.302 e. The van der Waals surface area contributed by atoms with E-state index < -0.39 is 0 Å². The van der Waals surface area contributed by atoms with Crippen molar-refractivity contribution in [3.63, 3.8) is 0 Å². The van der Waals surface area contributed by atoms with Crippen molar-refractivity contribution in [1.29, 1.82) is 0 Å². The van der Waals surface area contributed by atoms with Gasteiger partial charge in [-0.2, -0.15) is 0 Å². The van der Waals surface area contributed by atoms with E-state index in [2.05, 4.69) is 15.2 Å². The molecule has 0 aliphatic carbocycles. The maximum Gasteiger partial charge on any atom is 0.278 e. The average Bonchev–Trinajstić information content (AvgIpc) is 3.34. The smallest absolute Gasteiger partial charge is 0.278 e. The van der Waals surface area contributed by atoms with E-state index in [1.54, 1.807) is 4.90 Å². The Bertz CT molecular complexity index is 1250. The van der Waals surface area contributed by atoms with Gasteiger partial charge < -0.3 is 4.90 Å². The summed E-state index contributed by atoms with van der Waals surface area (Å²) in [5.41, 5.74) is 4.02. The minimum atomic E-state index is -0.136. The van der Waals surface area contributed by atoms with Crippen LogP contribution < -0.4 is 4.90 Å². The number of rotatable bonds is 4. The van der Waals surface area contributed by atoms with Crippen LogP contribution in [0, 0.1) is 0 Å². The molecule has 0 saturated heterocycles. The number of para-hydroxylation sites is 1. The summed E-state index contributed by atoms with van der Waals surface area (Å²) in [5.74, 6) is -0.136. The molecule has 2 heterocycles. The molecule has 0 fully saturated rings. The van der Waals surface area contributed by atoms with Crippen LogP contribution in [0.5, 0.6) is 0 Å². The highest BCUT2D eigenvalue weighted by Gasteiger charge is 2.34. The van der Waals surface area contributed by atoms with Gasteiger partial charge in [-0.25, -0.2) is 4.99 Å². The van der Waals surface area contributed by atoms with Gasteiger partial charge in [-0.3, -0.25) is 4.79 Å². The zero-order chi connectivity index (χ0) is 20.5. The Kier molecular flexibility index (Phi) is 4.86. The minimum absolute atomic E-state index is 0.136. The number of aromatic nitrogens is 2. The number of amides is 1. The molecule has 1 aliphatic heterocycles. The first-order valence-corrected chi connectivity index (χ1v) is 10.5. The normalized spacial score (nSPS) is 14.4. The fraction of sp³-hybridized carbons (Fsp3) is 0.0435. The molecule has 4 aromatic rings. The van der Waals surface area contributed by atoms with Crippen LogP contribution in [-0.4, -0.2) is 21.8 Å². The lowest BCUT2D eigenvalue weighted by Crippen LogP contribution is -2.29. The van der Waals surface area contributed by atoms with Crippen molar-refractivity contribution in [2.24, 2.45) is 4.99 Å². The Morgan fingerprint density at radius 2 is 1.63 bits per heavy atom. The molecule has 3 aromatic carbocycles. The van der Waals surface area contributed by atoms with Crippen molar-refractivity contribution in [2.75, 3.05) is 4.90 Å². The predicted octanol–water partition coefficient (Wildman–Crippen LogP) is 5.53. The lowest BCUT2D eigenvalue weighted by atomic mass is 10.1. The van der Waals surface area contributed by atoms with E-state index in [9.17, 15) is 4.79 Å². The Balaban J connectivity index is 1.49. The molecule has 30 heavy (non-hydrogen) atoms. The maximum atomic E-state index is 13.2. The van der Waals surface area contributed by atoms with Crippen LogP contribution in [0.4, 0.5) is 10.8 Å². The van der Waals surface area contributed by atoms with E-state index in [0.29, 0.717) is 22.4 Å². The van der Waals surface area contributed by atoms with Gasteiger partial charge in [-0.15, -0.1) is 10.2 Å². The molecule has 0 N–H and O–H groups in total. The Labute approximate surface area is 182 Å². The number of anilines is 1. The van der Waals surface area contributed by atoms with Gasteiger partial charge in [0, 0.05) is 16.1 Å². The molecule has 0 saturated carbocycles. The third kappa shape index (κ3) is 3.51. The van der Waals surface area contributed by atoms with E-state index >= 15 is 0 Å². The highest BCUT2D eigenvalue weighted by atomic mass is 35.5. The van der Waals surface area contributed by atoms with Gasteiger partial charge in [0.15, 0.2) is 0 Å². The Morgan fingerprint density at radius 3 is 2.43 bits per heavy atom. The van der Waals surface area contributed by atoms with Crippen LogP contribution in [0.25, 0.3) is 10.6 Å². The van der Waals surface area contributed by atoms with Gasteiger partial charge in [0.25, 0.3) is 5.91 Å². The van der Waals surface area contributed by atoms with Crippen molar-refractivity contribution in [3.05, 3.63) is 95.0 Å². The van der Waals surface area contributed by atoms with Gasteiger partial charge >= 0.3 is 0 Å². The highest BCUT2D eigenvalue weighted by Crippen LogP contribution is 2.34. The van der Waals surface area contributed by atoms with Crippen LogP contribution in [-0.2, 0) is 11.3 Å². The second kappa shape index (κ2) is 7.82. The van der Waals surface area contributed by atoms with E-state index in [-0.39, 0.29) is 5.91 Å². The summed E-state index contributed by atoms with van der Waals surface area (Å²) in [4.78, 5) is 19.6. The maximum absolute atomic E-state index is 13.2. The number of aliphatic imine (C=N–C) groups is 1. The fourth-order valence-electron chi connectivity index (χ4n) is 3.36. The first kappa shape index (κ1) is 18.7. The lowest BCUT2D eigenvalue weighted by molar-refractivity contribution is -0.112. The number of hydrogen-bond donors (Lipinski definition) is 0. The number of hydrogen-bond acceptors (Lipinski definition) is 5. The summed E-state index contributed by atoms with van der Waals surface area (Å²) in [6.45, 7) is 0.488. The van der Waals surface area contributed by atoms with Crippen molar-refractivity contribution >= 4 is 45.4 Å². The van der Waals surface area contributed by atoms with Crippen molar-refractivity contribution < 1.29 is 4.79 Å². The first-order valence-electron chi connectivity index (χ1n) is 9.32.